The van der Waals surface area contributed by atoms with Crippen molar-refractivity contribution in [3.05, 3.63) is 52.1 Å². The van der Waals surface area contributed by atoms with Crippen molar-refractivity contribution in [3.8, 4) is 0 Å². The van der Waals surface area contributed by atoms with Crippen LogP contribution in [0.4, 0.5) is 0 Å². The number of benzene rings is 1. The number of nitrogens with zero attached hydrogens (tertiary/aromatic N) is 1. The van der Waals surface area contributed by atoms with Gasteiger partial charge in [-0.1, -0.05) is 35.0 Å². The fourth-order valence-corrected chi connectivity index (χ4v) is 2.79. The van der Waals surface area contributed by atoms with Gasteiger partial charge in [-0.2, -0.15) is 0 Å². The van der Waals surface area contributed by atoms with Crippen molar-refractivity contribution in [3.63, 3.8) is 0 Å². The van der Waals surface area contributed by atoms with E-state index in [-0.39, 0.29) is 6.04 Å². The van der Waals surface area contributed by atoms with Gasteiger partial charge < -0.3 is 5.73 Å². The van der Waals surface area contributed by atoms with Crippen LogP contribution in [0.5, 0.6) is 0 Å². The lowest BCUT2D eigenvalue weighted by Crippen LogP contribution is -2.04. The van der Waals surface area contributed by atoms with Gasteiger partial charge in [-0.05, 0) is 42.8 Å². The highest BCUT2D eigenvalue weighted by atomic mass is 35.5. The van der Waals surface area contributed by atoms with Crippen molar-refractivity contribution in [1.29, 1.82) is 0 Å². The van der Waals surface area contributed by atoms with E-state index in [9.17, 15) is 0 Å². The van der Waals surface area contributed by atoms with Crippen LogP contribution < -0.4 is 5.73 Å². The van der Waals surface area contributed by atoms with Gasteiger partial charge in [0, 0.05) is 22.2 Å². The predicted molar refractivity (Wildman–Crippen MR) is 77.4 cm³/mol. The molecule has 2 rings (SSSR count). The number of halogens is 2. The third-order valence-electron chi connectivity index (χ3n) is 2.39. The molecule has 1 aromatic carbocycles. The molecule has 0 amide bonds. The van der Waals surface area contributed by atoms with Crippen molar-refractivity contribution >= 4 is 35.0 Å². The van der Waals surface area contributed by atoms with E-state index >= 15 is 0 Å². The molecule has 0 aliphatic rings. The van der Waals surface area contributed by atoms with Gasteiger partial charge in [-0.15, -0.1) is 0 Å². The Balaban J connectivity index is 2.28. The number of nitrogens with two attached hydrogens (primary N) is 1. The molecule has 0 unspecified atom stereocenters. The Bertz CT molecular complexity index is 558. The van der Waals surface area contributed by atoms with Gasteiger partial charge in [-0.3, -0.25) is 0 Å². The summed E-state index contributed by atoms with van der Waals surface area (Å²) >= 11 is 13.5. The Morgan fingerprint density at radius 1 is 1.22 bits per heavy atom. The van der Waals surface area contributed by atoms with Crippen molar-refractivity contribution in [2.75, 3.05) is 0 Å². The molecule has 1 aromatic heterocycles. The van der Waals surface area contributed by atoms with Crippen LogP contribution in [0.1, 0.15) is 18.5 Å². The van der Waals surface area contributed by atoms with E-state index in [4.69, 9.17) is 28.9 Å². The van der Waals surface area contributed by atoms with Gasteiger partial charge in [0.15, 0.2) is 0 Å². The van der Waals surface area contributed by atoms with Crippen molar-refractivity contribution < 1.29 is 0 Å². The zero-order chi connectivity index (χ0) is 13.1. The van der Waals surface area contributed by atoms with Gasteiger partial charge in [0.25, 0.3) is 0 Å². The molecule has 5 heteroatoms. The second-order valence-corrected chi connectivity index (χ2v) is 5.80. The molecule has 2 nitrogen and oxygen atoms in total. The molecule has 0 fully saturated rings. The summed E-state index contributed by atoms with van der Waals surface area (Å²) in [5.74, 6) is 0. The molecule has 0 radical (unpaired) electrons. The summed E-state index contributed by atoms with van der Waals surface area (Å²) in [6.45, 7) is 1.94. The minimum Gasteiger partial charge on any atom is -0.324 e. The van der Waals surface area contributed by atoms with E-state index in [2.05, 4.69) is 4.98 Å². The molecule has 0 aliphatic carbocycles. The highest BCUT2D eigenvalue weighted by Crippen LogP contribution is 2.34. The molecule has 2 N–H and O–H groups in total. The summed E-state index contributed by atoms with van der Waals surface area (Å²) in [6, 6.07) is 9.24. The molecule has 0 bridgehead atoms. The average Bonchev–Trinajstić information content (AvgIpc) is 2.34. The molecule has 2 aromatic rings. The summed E-state index contributed by atoms with van der Waals surface area (Å²) < 4.78 is 0. The van der Waals surface area contributed by atoms with Crippen molar-refractivity contribution in [2.45, 2.75) is 22.9 Å². The first-order valence-corrected chi connectivity index (χ1v) is 6.98. The molecule has 94 valence electrons. The summed E-state index contributed by atoms with van der Waals surface area (Å²) in [5, 5.41) is 2.18. The molecular weight excluding hydrogens is 287 g/mol. The summed E-state index contributed by atoms with van der Waals surface area (Å²) in [5.41, 5.74) is 6.89. The van der Waals surface area contributed by atoms with E-state index in [0.29, 0.717) is 10.0 Å². The number of hydrogen-bond donors (Lipinski definition) is 1. The lowest BCUT2D eigenvalue weighted by Gasteiger charge is -2.08. The first-order valence-electron chi connectivity index (χ1n) is 5.40. The predicted octanol–water partition coefficient (Wildman–Crippen LogP) is 4.56. The Kier molecular flexibility index (Phi) is 4.51. The van der Waals surface area contributed by atoms with Crippen LogP contribution in [0.2, 0.25) is 10.0 Å². The van der Waals surface area contributed by atoms with Gasteiger partial charge in [0.05, 0.1) is 5.02 Å². The van der Waals surface area contributed by atoms with Crippen LogP contribution in [0.15, 0.2) is 46.5 Å². The lowest BCUT2D eigenvalue weighted by atomic mass is 10.1. The highest BCUT2D eigenvalue weighted by Gasteiger charge is 2.07. The van der Waals surface area contributed by atoms with Crippen LogP contribution in [-0.2, 0) is 0 Å². The summed E-state index contributed by atoms with van der Waals surface area (Å²) in [4.78, 5) is 5.18. The first kappa shape index (κ1) is 13.7. The quantitative estimate of drug-likeness (QED) is 0.903. The maximum Gasteiger partial charge on any atom is 0.101 e. The monoisotopic (exact) mass is 298 g/mol. The highest BCUT2D eigenvalue weighted by molar-refractivity contribution is 7.99. The largest absolute Gasteiger partial charge is 0.324 e. The number of pyridine rings is 1. The van der Waals surface area contributed by atoms with Crippen LogP contribution in [0, 0.1) is 0 Å². The molecule has 1 heterocycles. The summed E-state index contributed by atoms with van der Waals surface area (Å²) in [7, 11) is 0. The van der Waals surface area contributed by atoms with E-state index in [0.717, 1.165) is 15.5 Å². The van der Waals surface area contributed by atoms with Gasteiger partial charge in [0.2, 0.25) is 0 Å². The fourth-order valence-electron chi connectivity index (χ4n) is 1.43. The maximum atomic E-state index is 6.12. The van der Waals surface area contributed by atoms with Gasteiger partial charge in [0.1, 0.15) is 5.03 Å². The molecule has 0 aliphatic heterocycles. The van der Waals surface area contributed by atoms with E-state index in [1.54, 1.807) is 18.3 Å². The van der Waals surface area contributed by atoms with E-state index in [1.807, 2.05) is 25.1 Å². The molecular formula is C13H12Cl2N2S. The standard InChI is InChI=1S/C13H12Cl2N2S/c1-8(16)9-4-5-17-13(6-9)18-12-7-10(14)2-3-11(12)15/h2-8H,16H2,1H3/t8-/m1/s1. The van der Waals surface area contributed by atoms with Gasteiger partial charge in [-0.25, -0.2) is 4.98 Å². The number of hydrogen-bond acceptors (Lipinski definition) is 3. The molecule has 1 atom stereocenters. The SMILES string of the molecule is C[C@@H](N)c1ccnc(Sc2cc(Cl)ccc2Cl)c1. The van der Waals surface area contributed by atoms with Crippen LogP contribution in [-0.4, -0.2) is 4.98 Å². The Morgan fingerprint density at radius 2 is 2.00 bits per heavy atom. The lowest BCUT2D eigenvalue weighted by molar-refractivity contribution is 0.808. The smallest absolute Gasteiger partial charge is 0.101 e. The molecule has 18 heavy (non-hydrogen) atoms. The third-order valence-corrected chi connectivity index (χ3v) is 4.06. The molecule has 0 saturated heterocycles. The second-order valence-electron chi connectivity index (χ2n) is 3.89. The zero-order valence-electron chi connectivity index (χ0n) is 9.73. The van der Waals surface area contributed by atoms with Crippen LogP contribution in [0.25, 0.3) is 0 Å². The van der Waals surface area contributed by atoms with E-state index < -0.39 is 0 Å². The minimum absolute atomic E-state index is 0.0119. The van der Waals surface area contributed by atoms with Crippen molar-refractivity contribution in [1.82, 2.24) is 4.98 Å². The fraction of sp³-hybridized carbons (Fsp3) is 0.154. The molecule has 0 spiro atoms. The summed E-state index contributed by atoms with van der Waals surface area (Å²) in [6.07, 6.45) is 1.75. The van der Waals surface area contributed by atoms with E-state index in [1.165, 1.54) is 11.8 Å². The topological polar surface area (TPSA) is 38.9 Å². The molecule has 0 saturated carbocycles. The third kappa shape index (κ3) is 3.39. The second kappa shape index (κ2) is 5.93. The first-order chi connectivity index (χ1) is 8.56. The minimum atomic E-state index is -0.0119. The van der Waals surface area contributed by atoms with Crippen LogP contribution >= 0.6 is 35.0 Å². The maximum absolute atomic E-state index is 6.12. The Morgan fingerprint density at radius 3 is 2.72 bits per heavy atom. The van der Waals surface area contributed by atoms with Crippen LogP contribution in [0.3, 0.4) is 0 Å². The Hall–Kier alpha value is -0.740. The Labute approximate surface area is 121 Å². The van der Waals surface area contributed by atoms with Crippen molar-refractivity contribution in [2.24, 2.45) is 5.73 Å². The van der Waals surface area contributed by atoms with Gasteiger partial charge >= 0.3 is 0 Å². The number of rotatable bonds is 3. The zero-order valence-corrected chi connectivity index (χ0v) is 12.1. The average molecular weight is 299 g/mol. The number of aromatic nitrogens is 1. The normalized spacial score (nSPS) is 12.4.